The average Bonchev–Trinajstić information content (AvgIpc) is 3.20. The highest BCUT2D eigenvalue weighted by Gasteiger charge is 2.31. The van der Waals surface area contributed by atoms with Crippen LogP contribution in [-0.2, 0) is 9.53 Å². The maximum Gasteiger partial charge on any atom is 0.340 e. The number of amides is 1. The molecule has 1 fully saturated rings. The summed E-state index contributed by atoms with van der Waals surface area (Å²) in [5.74, 6) is -0.631. The van der Waals surface area contributed by atoms with Crippen LogP contribution in [0.1, 0.15) is 30.1 Å². The van der Waals surface area contributed by atoms with Crippen LogP contribution in [0.15, 0.2) is 24.3 Å². The molecular weight excluding hydrogens is 244 g/mol. The number of carbonyl (C=O) groups excluding carboxylic acids is 2. The van der Waals surface area contributed by atoms with Crippen molar-refractivity contribution in [2.75, 3.05) is 11.9 Å². The average molecular weight is 261 g/mol. The molecule has 1 aromatic rings. The van der Waals surface area contributed by atoms with E-state index in [0.717, 1.165) is 12.8 Å². The van der Waals surface area contributed by atoms with E-state index >= 15 is 0 Å². The third-order valence-electron chi connectivity index (χ3n) is 3.17. The summed E-state index contributed by atoms with van der Waals surface area (Å²) in [5, 5.41) is 2.77. The summed E-state index contributed by atoms with van der Waals surface area (Å²) in [4.78, 5) is 22.7. The van der Waals surface area contributed by atoms with E-state index in [4.69, 9.17) is 10.5 Å². The van der Waals surface area contributed by atoms with Gasteiger partial charge in [0.25, 0.3) is 5.91 Å². The molecular formula is C14H17N2O3. The van der Waals surface area contributed by atoms with Gasteiger partial charge in [0, 0.05) is 5.69 Å². The van der Waals surface area contributed by atoms with Gasteiger partial charge in [0.2, 0.25) is 0 Å². The number of para-hydroxylation sites is 1. The van der Waals surface area contributed by atoms with Crippen molar-refractivity contribution in [3.8, 4) is 0 Å². The zero-order valence-electron chi connectivity index (χ0n) is 10.8. The number of hydrogen-bond donors (Lipinski definition) is 1. The first-order chi connectivity index (χ1) is 9.08. The van der Waals surface area contributed by atoms with Gasteiger partial charge < -0.3 is 10.1 Å². The lowest BCUT2D eigenvalue weighted by molar-refractivity contribution is -0.117. The van der Waals surface area contributed by atoms with Crippen LogP contribution in [0.4, 0.5) is 5.69 Å². The summed E-state index contributed by atoms with van der Waals surface area (Å²) in [6.07, 6.45) is 2.15. The summed E-state index contributed by atoms with van der Waals surface area (Å²) in [6.45, 7) is 1.78. The van der Waals surface area contributed by atoms with Crippen LogP contribution in [0.2, 0.25) is 0 Å². The Morgan fingerprint density at radius 3 is 2.74 bits per heavy atom. The van der Waals surface area contributed by atoms with Crippen molar-refractivity contribution in [3.05, 3.63) is 29.8 Å². The Morgan fingerprint density at radius 2 is 2.11 bits per heavy atom. The Kier molecular flexibility index (Phi) is 4.04. The molecule has 1 aromatic carbocycles. The van der Waals surface area contributed by atoms with Gasteiger partial charge >= 0.3 is 5.97 Å². The first-order valence-electron chi connectivity index (χ1n) is 6.36. The molecule has 0 aliphatic heterocycles. The number of esters is 1. The second-order valence-corrected chi connectivity index (χ2v) is 4.77. The van der Waals surface area contributed by atoms with Crippen LogP contribution in [0.25, 0.3) is 0 Å². The van der Waals surface area contributed by atoms with Gasteiger partial charge in [-0.25, -0.2) is 4.79 Å². The lowest BCUT2D eigenvalue weighted by Gasteiger charge is -2.14. The molecule has 5 nitrogen and oxygen atoms in total. The predicted molar refractivity (Wildman–Crippen MR) is 70.6 cm³/mol. The quantitative estimate of drug-likeness (QED) is 0.793. The molecule has 101 valence electrons. The molecule has 0 aromatic heterocycles. The van der Waals surface area contributed by atoms with Crippen LogP contribution < -0.4 is 11.1 Å². The zero-order chi connectivity index (χ0) is 13.8. The molecule has 0 heterocycles. The number of benzene rings is 1. The van der Waals surface area contributed by atoms with Gasteiger partial charge in [0.05, 0.1) is 12.1 Å². The molecule has 1 aliphatic rings. The molecule has 0 spiro atoms. The first-order valence-corrected chi connectivity index (χ1v) is 6.36. The number of anilines is 1. The number of carbonyl (C=O) groups is 2. The van der Waals surface area contributed by atoms with Gasteiger partial charge in [-0.05, 0) is 37.8 Å². The van der Waals surface area contributed by atoms with E-state index < -0.39 is 5.91 Å². The SMILES string of the molecule is CC(OC(=O)c1ccccc1NCC([NH])=O)C1CC1. The zero-order valence-corrected chi connectivity index (χ0v) is 10.8. The fraction of sp³-hybridized carbons (Fsp3) is 0.429. The molecule has 1 atom stereocenters. The molecule has 19 heavy (non-hydrogen) atoms. The van der Waals surface area contributed by atoms with Gasteiger partial charge in [0.1, 0.15) is 6.10 Å². The minimum Gasteiger partial charge on any atom is -0.459 e. The Labute approximate surface area is 112 Å². The van der Waals surface area contributed by atoms with Crippen molar-refractivity contribution in [2.45, 2.75) is 25.9 Å². The second kappa shape index (κ2) is 5.73. The van der Waals surface area contributed by atoms with Crippen molar-refractivity contribution >= 4 is 17.6 Å². The Hall–Kier alpha value is -2.04. The van der Waals surface area contributed by atoms with Crippen molar-refractivity contribution in [1.82, 2.24) is 5.73 Å². The van der Waals surface area contributed by atoms with Gasteiger partial charge in [-0.2, -0.15) is 0 Å². The van der Waals surface area contributed by atoms with E-state index in [1.165, 1.54) is 0 Å². The summed E-state index contributed by atoms with van der Waals surface area (Å²) < 4.78 is 5.40. The molecule has 1 aliphatic carbocycles. The Balaban J connectivity index is 2.04. The maximum absolute atomic E-state index is 12.1. The third kappa shape index (κ3) is 3.71. The monoisotopic (exact) mass is 261 g/mol. The van der Waals surface area contributed by atoms with Crippen LogP contribution in [-0.4, -0.2) is 24.5 Å². The van der Waals surface area contributed by atoms with E-state index in [1.54, 1.807) is 24.3 Å². The molecule has 5 heteroatoms. The Morgan fingerprint density at radius 1 is 1.42 bits per heavy atom. The summed E-state index contributed by atoms with van der Waals surface area (Å²) in [5.41, 5.74) is 7.79. The normalized spacial score (nSPS) is 15.6. The van der Waals surface area contributed by atoms with Gasteiger partial charge in [-0.15, -0.1) is 0 Å². The van der Waals surface area contributed by atoms with Crippen molar-refractivity contribution in [3.63, 3.8) is 0 Å². The summed E-state index contributed by atoms with van der Waals surface area (Å²) in [7, 11) is 0. The number of ether oxygens (including phenoxy) is 1. The predicted octanol–water partition coefficient (Wildman–Crippen LogP) is 1.86. The van der Waals surface area contributed by atoms with E-state index in [1.807, 2.05) is 6.92 Å². The van der Waals surface area contributed by atoms with Crippen molar-refractivity contribution in [2.24, 2.45) is 5.92 Å². The highest BCUT2D eigenvalue weighted by molar-refractivity contribution is 5.96. The number of hydrogen-bond acceptors (Lipinski definition) is 4. The van der Waals surface area contributed by atoms with Crippen LogP contribution in [0.5, 0.6) is 0 Å². The summed E-state index contributed by atoms with van der Waals surface area (Å²) >= 11 is 0. The lowest BCUT2D eigenvalue weighted by atomic mass is 10.1. The Bertz CT molecular complexity index is 483. The molecule has 0 saturated heterocycles. The van der Waals surface area contributed by atoms with Crippen LogP contribution in [0, 0.1) is 5.92 Å². The number of rotatable bonds is 6. The minimum absolute atomic E-state index is 0.0710. The third-order valence-corrected chi connectivity index (χ3v) is 3.17. The van der Waals surface area contributed by atoms with E-state index in [-0.39, 0.29) is 18.6 Å². The largest absolute Gasteiger partial charge is 0.459 e. The fourth-order valence-electron chi connectivity index (χ4n) is 1.88. The maximum atomic E-state index is 12.1. The van der Waals surface area contributed by atoms with Crippen molar-refractivity contribution < 1.29 is 14.3 Å². The molecule has 1 saturated carbocycles. The van der Waals surface area contributed by atoms with E-state index in [0.29, 0.717) is 17.2 Å². The molecule has 2 rings (SSSR count). The molecule has 0 bridgehead atoms. The standard InChI is InChI=1S/C14H17N2O3/c1-9(10-6-7-10)19-14(18)11-4-2-3-5-12(11)16-8-13(15)17/h2-5,9-10,15-16H,6-8H2,1H3. The highest BCUT2D eigenvalue weighted by Crippen LogP contribution is 2.34. The van der Waals surface area contributed by atoms with Gasteiger partial charge in [0.15, 0.2) is 0 Å². The lowest BCUT2D eigenvalue weighted by Crippen LogP contribution is -2.20. The topological polar surface area (TPSA) is 79.2 Å². The number of nitrogens with one attached hydrogen (secondary N) is 2. The van der Waals surface area contributed by atoms with E-state index in [9.17, 15) is 9.59 Å². The molecule has 1 unspecified atom stereocenters. The molecule has 1 amide bonds. The highest BCUT2D eigenvalue weighted by atomic mass is 16.5. The summed E-state index contributed by atoms with van der Waals surface area (Å²) in [6, 6.07) is 6.85. The van der Waals surface area contributed by atoms with Gasteiger partial charge in [-0.3, -0.25) is 10.5 Å². The smallest absolute Gasteiger partial charge is 0.340 e. The van der Waals surface area contributed by atoms with E-state index in [2.05, 4.69) is 5.32 Å². The minimum atomic E-state index is -0.727. The molecule has 1 radical (unpaired) electrons. The molecule has 2 N–H and O–H groups in total. The van der Waals surface area contributed by atoms with Crippen LogP contribution in [0.3, 0.4) is 0 Å². The first kappa shape index (κ1) is 13.4. The van der Waals surface area contributed by atoms with Gasteiger partial charge in [-0.1, -0.05) is 12.1 Å². The van der Waals surface area contributed by atoms with Crippen molar-refractivity contribution in [1.29, 1.82) is 0 Å². The second-order valence-electron chi connectivity index (χ2n) is 4.77. The van der Waals surface area contributed by atoms with Crippen LogP contribution >= 0.6 is 0 Å². The fourth-order valence-corrected chi connectivity index (χ4v) is 1.88.